The molecule has 4 rings (SSSR count). The molecule has 1 aliphatic heterocycles. The maximum atomic E-state index is 13.0. The van der Waals surface area contributed by atoms with Crippen molar-refractivity contribution in [2.75, 3.05) is 20.1 Å². The van der Waals surface area contributed by atoms with Gasteiger partial charge in [0.05, 0.1) is 16.5 Å². The normalized spacial score (nSPS) is 20.6. The van der Waals surface area contributed by atoms with E-state index in [2.05, 4.69) is 4.90 Å². The van der Waals surface area contributed by atoms with Gasteiger partial charge in [-0.25, -0.2) is 0 Å². The van der Waals surface area contributed by atoms with Gasteiger partial charge in [-0.2, -0.15) is 0 Å². The predicted octanol–water partition coefficient (Wildman–Crippen LogP) is 4.51. The van der Waals surface area contributed by atoms with E-state index < -0.39 is 6.10 Å². The van der Waals surface area contributed by atoms with Crippen LogP contribution in [0.2, 0.25) is 5.02 Å². The zero-order valence-electron chi connectivity index (χ0n) is 16.3. The molecule has 2 heterocycles. The van der Waals surface area contributed by atoms with Gasteiger partial charge in [0.1, 0.15) is 11.3 Å². The molecule has 1 N–H and O–H groups in total. The van der Waals surface area contributed by atoms with Gasteiger partial charge in [-0.05, 0) is 57.1 Å². The van der Waals surface area contributed by atoms with Crippen molar-refractivity contribution in [2.45, 2.75) is 32.3 Å². The molecule has 4 nitrogen and oxygen atoms in total. The van der Waals surface area contributed by atoms with Gasteiger partial charge in [0.25, 0.3) is 0 Å². The van der Waals surface area contributed by atoms with Crippen LogP contribution in [-0.2, 0) is 0 Å². The Hall–Kier alpha value is -2.14. The van der Waals surface area contributed by atoms with Crippen molar-refractivity contribution in [2.24, 2.45) is 0 Å². The Morgan fingerprint density at radius 3 is 2.64 bits per heavy atom. The number of likely N-dealkylation sites (tertiary alicyclic amines) is 1. The summed E-state index contributed by atoms with van der Waals surface area (Å²) in [5, 5.41) is 11.9. The predicted molar refractivity (Wildman–Crippen MR) is 113 cm³/mol. The van der Waals surface area contributed by atoms with Gasteiger partial charge in [0.2, 0.25) is 0 Å². The van der Waals surface area contributed by atoms with E-state index in [0.29, 0.717) is 33.9 Å². The second kappa shape index (κ2) is 7.36. The highest BCUT2D eigenvalue weighted by Crippen LogP contribution is 2.38. The van der Waals surface area contributed by atoms with Gasteiger partial charge >= 0.3 is 0 Å². The molecule has 1 aliphatic rings. The Morgan fingerprint density at radius 2 is 1.93 bits per heavy atom. The van der Waals surface area contributed by atoms with Crippen LogP contribution in [0, 0.1) is 13.8 Å². The molecule has 2 atom stereocenters. The number of piperidine rings is 1. The monoisotopic (exact) mass is 397 g/mol. The number of benzene rings is 2. The second-order valence-corrected chi connectivity index (χ2v) is 8.21. The highest BCUT2D eigenvalue weighted by molar-refractivity contribution is 6.33. The van der Waals surface area contributed by atoms with E-state index in [4.69, 9.17) is 16.0 Å². The quantitative estimate of drug-likeness (QED) is 0.691. The summed E-state index contributed by atoms with van der Waals surface area (Å²) in [5.41, 5.74) is 4.05. The van der Waals surface area contributed by atoms with Crippen molar-refractivity contribution in [1.82, 2.24) is 4.90 Å². The number of rotatable bonds is 2. The van der Waals surface area contributed by atoms with Crippen LogP contribution in [0.25, 0.3) is 22.3 Å². The Labute approximate surface area is 169 Å². The number of fused-ring (bicyclic) bond motifs is 1. The standard InChI is InChI=1S/C23H24ClNO3/c1-13-10-14(2)22-18(26)11-20(15-6-4-5-7-17(15)24)28-23(22)21(13)16-8-9-25(3)12-19(16)27/h4-7,10-11,16,19,27H,8-9,12H2,1-3H3/t16-,19+/m0/s1. The first-order valence-electron chi connectivity index (χ1n) is 9.56. The van der Waals surface area contributed by atoms with Crippen molar-refractivity contribution in [3.05, 3.63) is 68.3 Å². The van der Waals surface area contributed by atoms with E-state index >= 15 is 0 Å². The van der Waals surface area contributed by atoms with Gasteiger partial charge in [0, 0.05) is 29.7 Å². The van der Waals surface area contributed by atoms with Crippen molar-refractivity contribution in [1.29, 1.82) is 0 Å². The van der Waals surface area contributed by atoms with E-state index in [9.17, 15) is 9.90 Å². The van der Waals surface area contributed by atoms with Gasteiger partial charge in [-0.15, -0.1) is 0 Å². The summed E-state index contributed by atoms with van der Waals surface area (Å²) in [4.78, 5) is 15.1. The zero-order valence-corrected chi connectivity index (χ0v) is 17.1. The minimum atomic E-state index is -0.502. The Balaban J connectivity index is 2.00. The first-order valence-corrected chi connectivity index (χ1v) is 9.94. The molecule has 146 valence electrons. The third-order valence-electron chi connectivity index (χ3n) is 5.74. The van der Waals surface area contributed by atoms with Crippen LogP contribution in [0.4, 0.5) is 0 Å². The Bertz CT molecular complexity index is 1100. The third kappa shape index (κ3) is 3.26. The maximum Gasteiger partial charge on any atom is 0.193 e. The number of hydrogen-bond donors (Lipinski definition) is 1. The molecule has 0 saturated carbocycles. The number of β-amino-alcohol motifs (C(OH)–C–C–N with tert-alkyl or cyclic N) is 1. The van der Waals surface area contributed by atoms with Crippen LogP contribution in [0.5, 0.6) is 0 Å². The first-order chi connectivity index (χ1) is 13.4. The van der Waals surface area contributed by atoms with Crippen LogP contribution in [0.3, 0.4) is 0 Å². The maximum absolute atomic E-state index is 13.0. The summed E-state index contributed by atoms with van der Waals surface area (Å²) >= 11 is 6.34. The van der Waals surface area contributed by atoms with Gasteiger partial charge < -0.3 is 14.4 Å². The molecule has 0 radical (unpaired) electrons. The lowest BCUT2D eigenvalue weighted by atomic mass is 9.83. The van der Waals surface area contributed by atoms with Gasteiger partial charge in [-0.1, -0.05) is 29.8 Å². The summed E-state index contributed by atoms with van der Waals surface area (Å²) < 4.78 is 6.32. The molecule has 3 aromatic rings. The number of aliphatic hydroxyl groups is 1. The van der Waals surface area contributed by atoms with Crippen LogP contribution in [0.1, 0.15) is 29.0 Å². The number of halogens is 1. The minimum Gasteiger partial charge on any atom is -0.455 e. The molecular formula is C23H24ClNO3. The molecule has 0 bridgehead atoms. The number of hydrogen-bond acceptors (Lipinski definition) is 4. The molecule has 2 aromatic carbocycles. The molecule has 0 aliphatic carbocycles. The molecule has 0 spiro atoms. The van der Waals surface area contributed by atoms with Crippen LogP contribution in [-0.4, -0.2) is 36.2 Å². The lowest BCUT2D eigenvalue weighted by Gasteiger charge is -2.35. The topological polar surface area (TPSA) is 53.7 Å². The average Bonchev–Trinajstić information content (AvgIpc) is 2.63. The number of nitrogens with zero attached hydrogens (tertiary/aromatic N) is 1. The summed E-state index contributed by atoms with van der Waals surface area (Å²) in [5.74, 6) is 0.390. The Morgan fingerprint density at radius 1 is 1.18 bits per heavy atom. The smallest absolute Gasteiger partial charge is 0.193 e. The number of likely N-dealkylation sites (N-methyl/N-ethyl adjacent to an activating group) is 1. The van der Waals surface area contributed by atoms with E-state index in [0.717, 1.165) is 29.7 Å². The fraction of sp³-hybridized carbons (Fsp3) is 0.348. The van der Waals surface area contributed by atoms with Crippen LogP contribution < -0.4 is 5.43 Å². The lowest BCUT2D eigenvalue weighted by Crippen LogP contribution is -2.40. The van der Waals surface area contributed by atoms with E-state index in [1.807, 2.05) is 45.2 Å². The van der Waals surface area contributed by atoms with Gasteiger partial charge in [0.15, 0.2) is 5.43 Å². The first kappa shape index (κ1) is 19.2. The van der Waals surface area contributed by atoms with E-state index in [-0.39, 0.29) is 11.3 Å². The van der Waals surface area contributed by atoms with Crippen LogP contribution >= 0.6 is 11.6 Å². The molecule has 1 saturated heterocycles. The largest absolute Gasteiger partial charge is 0.455 e. The summed E-state index contributed by atoms with van der Waals surface area (Å²) in [6, 6.07) is 10.9. The summed E-state index contributed by atoms with van der Waals surface area (Å²) in [6.07, 6.45) is 0.314. The van der Waals surface area contributed by atoms with E-state index in [1.54, 1.807) is 6.07 Å². The summed E-state index contributed by atoms with van der Waals surface area (Å²) in [6.45, 7) is 5.45. The highest BCUT2D eigenvalue weighted by Gasteiger charge is 2.31. The lowest BCUT2D eigenvalue weighted by molar-refractivity contribution is 0.0637. The van der Waals surface area contributed by atoms with Crippen molar-refractivity contribution in [3.63, 3.8) is 0 Å². The highest BCUT2D eigenvalue weighted by atomic mass is 35.5. The number of aliphatic hydroxyl groups excluding tert-OH is 1. The van der Waals surface area contributed by atoms with Crippen molar-refractivity contribution in [3.8, 4) is 11.3 Å². The minimum absolute atomic E-state index is 0.0658. The molecule has 1 fully saturated rings. The van der Waals surface area contributed by atoms with Crippen molar-refractivity contribution < 1.29 is 9.52 Å². The van der Waals surface area contributed by atoms with Crippen molar-refractivity contribution >= 4 is 22.6 Å². The average molecular weight is 398 g/mol. The SMILES string of the molecule is Cc1cc(C)c2c(=O)cc(-c3ccccc3Cl)oc2c1[C@H]1CCN(C)C[C@H]1O. The number of aryl methyl sites for hydroxylation is 2. The molecule has 1 aromatic heterocycles. The second-order valence-electron chi connectivity index (χ2n) is 7.81. The molecule has 28 heavy (non-hydrogen) atoms. The zero-order chi connectivity index (χ0) is 20.0. The molecule has 0 amide bonds. The Kier molecular flexibility index (Phi) is 5.04. The van der Waals surface area contributed by atoms with E-state index in [1.165, 1.54) is 6.07 Å². The molecule has 0 unspecified atom stereocenters. The third-order valence-corrected chi connectivity index (χ3v) is 6.07. The summed E-state index contributed by atoms with van der Waals surface area (Å²) in [7, 11) is 2.01. The fourth-order valence-corrected chi connectivity index (χ4v) is 4.62. The van der Waals surface area contributed by atoms with Gasteiger partial charge in [-0.3, -0.25) is 4.79 Å². The molecule has 5 heteroatoms. The molecular weight excluding hydrogens is 374 g/mol. The fourth-order valence-electron chi connectivity index (χ4n) is 4.39. The van der Waals surface area contributed by atoms with Crippen LogP contribution in [0.15, 0.2) is 45.6 Å².